The lowest BCUT2D eigenvalue weighted by Gasteiger charge is -2.37. The first kappa shape index (κ1) is 9.48. The van der Waals surface area contributed by atoms with Gasteiger partial charge in [-0.25, -0.2) is 4.79 Å². The minimum atomic E-state index is -0.945. The van der Waals surface area contributed by atoms with Crippen LogP contribution in [0.3, 0.4) is 0 Å². The summed E-state index contributed by atoms with van der Waals surface area (Å²) >= 11 is 0. The Labute approximate surface area is 71.5 Å². The van der Waals surface area contributed by atoms with Gasteiger partial charge < -0.3 is 14.6 Å². The maximum Gasteiger partial charge on any atom is 0.335 e. The molecule has 0 amide bonds. The summed E-state index contributed by atoms with van der Waals surface area (Å²) in [5.41, 5.74) is -0.663. The molecule has 0 saturated carbocycles. The predicted molar refractivity (Wildman–Crippen MR) is 42.0 cm³/mol. The van der Waals surface area contributed by atoms with Gasteiger partial charge in [0.1, 0.15) is 5.60 Å². The summed E-state index contributed by atoms with van der Waals surface area (Å²) in [5.74, 6) is -0.945. The average molecular weight is 174 g/mol. The van der Waals surface area contributed by atoms with Crippen molar-refractivity contribution in [3.63, 3.8) is 0 Å². The Balaban J connectivity index is 2.73. The van der Waals surface area contributed by atoms with E-state index >= 15 is 0 Å². The maximum atomic E-state index is 10.7. The van der Waals surface area contributed by atoms with Crippen LogP contribution in [0, 0.1) is 0 Å². The Bertz CT molecular complexity index is 180. The molecule has 1 aliphatic rings. The second-order valence-corrected chi connectivity index (χ2v) is 3.10. The first-order chi connectivity index (χ1) is 5.60. The van der Waals surface area contributed by atoms with Gasteiger partial charge in [-0.3, -0.25) is 0 Å². The molecule has 1 heterocycles. The summed E-state index contributed by atoms with van der Waals surface area (Å²) in [6, 6.07) is 0. The van der Waals surface area contributed by atoms with Gasteiger partial charge in [0.05, 0.1) is 13.2 Å². The highest BCUT2D eigenvalue weighted by Crippen LogP contribution is 2.26. The van der Waals surface area contributed by atoms with Gasteiger partial charge in [0.2, 0.25) is 0 Å². The van der Waals surface area contributed by atoms with E-state index in [-0.39, 0.29) is 0 Å². The van der Waals surface area contributed by atoms with E-state index in [4.69, 9.17) is 14.6 Å². The van der Waals surface area contributed by atoms with Crippen molar-refractivity contribution >= 4 is 5.97 Å². The van der Waals surface area contributed by atoms with Crippen LogP contribution in [0.25, 0.3) is 0 Å². The standard InChI is InChI=1S/C8H14O4/c1-3-8(2)6(7(9)10)11-4-5-12-8/h6H,3-5H2,1-2H3,(H,9,10). The predicted octanol–water partition coefficient (Wildman–Crippen LogP) is 0.655. The monoisotopic (exact) mass is 174 g/mol. The molecule has 1 rings (SSSR count). The van der Waals surface area contributed by atoms with Gasteiger partial charge >= 0.3 is 5.97 Å². The summed E-state index contributed by atoms with van der Waals surface area (Å²) in [5, 5.41) is 8.80. The number of rotatable bonds is 2. The van der Waals surface area contributed by atoms with Gasteiger partial charge in [0.25, 0.3) is 0 Å². The SMILES string of the molecule is CCC1(C)OCCOC1C(=O)O. The average Bonchev–Trinajstić information content (AvgIpc) is 2.05. The normalized spacial score (nSPS) is 36.3. The minimum Gasteiger partial charge on any atom is -0.479 e. The van der Waals surface area contributed by atoms with Crippen LogP contribution in [0.1, 0.15) is 20.3 Å². The van der Waals surface area contributed by atoms with Crippen molar-refractivity contribution in [1.82, 2.24) is 0 Å². The molecule has 4 heteroatoms. The van der Waals surface area contributed by atoms with Crippen LogP contribution in [-0.2, 0) is 14.3 Å². The Kier molecular flexibility index (Phi) is 2.69. The highest BCUT2D eigenvalue weighted by Gasteiger charge is 2.42. The molecule has 2 unspecified atom stereocenters. The van der Waals surface area contributed by atoms with E-state index in [9.17, 15) is 4.79 Å². The van der Waals surface area contributed by atoms with E-state index in [2.05, 4.69) is 0 Å². The Morgan fingerprint density at radius 2 is 2.33 bits per heavy atom. The number of carbonyl (C=O) groups is 1. The van der Waals surface area contributed by atoms with E-state index < -0.39 is 17.7 Å². The number of carboxylic acids is 1. The van der Waals surface area contributed by atoms with Crippen LogP contribution < -0.4 is 0 Å². The summed E-state index contributed by atoms with van der Waals surface area (Å²) < 4.78 is 10.5. The fourth-order valence-corrected chi connectivity index (χ4v) is 1.31. The van der Waals surface area contributed by atoms with Crippen LogP contribution in [0.4, 0.5) is 0 Å². The van der Waals surface area contributed by atoms with Crippen LogP contribution in [0.2, 0.25) is 0 Å². The Morgan fingerprint density at radius 3 is 2.75 bits per heavy atom. The third-order valence-corrected chi connectivity index (χ3v) is 2.28. The molecule has 0 aromatic rings. The third-order valence-electron chi connectivity index (χ3n) is 2.28. The molecule has 1 aliphatic heterocycles. The number of carboxylic acid groups (broad SMARTS) is 1. The van der Waals surface area contributed by atoms with E-state index in [1.165, 1.54) is 0 Å². The van der Waals surface area contributed by atoms with Gasteiger partial charge in [-0.2, -0.15) is 0 Å². The van der Waals surface area contributed by atoms with E-state index in [1.54, 1.807) is 6.92 Å². The molecule has 0 spiro atoms. The molecule has 12 heavy (non-hydrogen) atoms. The quantitative estimate of drug-likeness (QED) is 0.668. The zero-order valence-corrected chi connectivity index (χ0v) is 7.37. The molecule has 2 atom stereocenters. The first-order valence-electron chi connectivity index (χ1n) is 4.08. The third kappa shape index (κ3) is 1.59. The van der Waals surface area contributed by atoms with Crippen molar-refractivity contribution in [3.8, 4) is 0 Å². The topological polar surface area (TPSA) is 55.8 Å². The summed E-state index contributed by atoms with van der Waals surface area (Å²) in [4.78, 5) is 10.7. The lowest BCUT2D eigenvalue weighted by atomic mass is 9.95. The zero-order chi connectivity index (χ0) is 9.19. The van der Waals surface area contributed by atoms with Crippen LogP contribution in [0.5, 0.6) is 0 Å². The molecule has 0 aromatic heterocycles. The van der Waals surface area contributed by atoms with Gasteiger partial charge in [0, 0.05) is 0 Å². The molecule has 1 saturated heterocycles. The van der Waals surface area contributed by atoms with Crippen molar-refractivity contribution in [1.29, 1.82) is 0 Å². The smallest absolute Gasteiger partial charge is 0.335 e. The number of hydrogen-bond acceptors (Lipinski definition) is 3. The molecule has 4 nitrogen and oxygen atoms in total. The highest BCUT2D eigenvalue weighted by molar-refractivity contribution is 5.74. The van der Waals surface area contributed by atoms with Crippen LogP contribution >= 0.6 is 0 Å². The van der Waals surface area contributed by atoms with E-state index in [0.717, 1.165) is 0 Å². The molecular weight excluding hydrogens is 160 g/mol. The summed E-state index contributed by atoms with van der Waals surface area (Å²) in [6.07, 6.45) is -0.180. The lowest BCUT2D eigenvalue weighted by Crippen LogP contribution is -2.52. The summed E-state index contributed by atoms with van der Waals surface area (Å²) in [7, 11) is 0. The van der Waals surface area contributed by atoms with Crippen molar-refractivity contribution in [3.05, 3.63) is 0 Å². The molecular formula is C8H14O4. The van der Waals surface area contributed by atoms with Gasteiger partial charge in [-0.1, -0.05) is 6.92 Å². The molecule has 0 aromatic carbocycles. The van der Waals surface area contributed by atoms with Crippen LogP contribution in [-0.4, -0.2) is 36.0 Å². The number of aliphatic carboxylic acids is 1. The summed E-state index contributed by atoms with van der Waals surface area (Å²) in [6.45, 7) is 4.51. The Hall–Kier alpha value is -0.610. The molecule has 1 N–H and O–H groups in total. The Morgan fingerprint density at radius 1 is 1.67 bits per heavy atom. The molecule has 70 valence electrons. The molecule has 0 radical (unpaired) electrons. The number of hydrogen-bond donors (Lipinski definition) is 1. The molecule has 0 aliphatic carbocycles. The second kappa shape index (κ2) is 3.41. The van der Waals surface area contributed by atoms with E-state index in [0.29, 0.717) is 19.6 Å². The van der Waals surface area contributed by atoms with Crippen molar-refractivity contribution in [2.45, 2.75) is 32.0 Å². The molecule has 1 fully saturated rings. The highest BCUT2D eigenvalue weighted by atomic mass is 16.6. The van der Waals surface area contributed by atoms with Crippen molar-refractivity contribution in [2.24, 2.45) is 0 Å². The minimum absolute atomic E-state index is 0.368. The zero-order valence-electron chi connectivity index (χ0n) is 7.37. The van der Waals surface area contributed by atoms with Gasteiger partial charge in [-0.15, -0.1) is 0 Å². The van der Waals surface area contributed by atoms with Crippen LogP contribution in [0.15, 0.2) is 0 Å². The fraction of sp³-hybridized carbons (Fsp3) is 0.875. The van der Waals surface area contributed by atoms with E-state index in [1.807, 2.05) is 6.92 Å². The number of ether oxygens (including phenoxy) is 2. The maximum absolute atomic E-state index is 10.7. The van der Waals surface area contributed by atoms with Crippen molar-refractivity contribution in [2.75, 3.05) is 13.2 Å². The lowest BCUT2D eigenvalue weighted by molar-refractivity contribution is -0.210. The largest absolute Gasteiger partial charge is 0.479 e. The second-order valence-electron chi connectivity index (χ2n) is 3.10. The van der Waals surface area contributed by atoms with Crippen molar-refractivity contribution < 1.29 is 19.4 Å². The fourth-order valence-electron chi connectivity index (χ4n) is 1.31. The van der Waals surface area contributed by atoms with Gasteiger partial charge in [-0.05, 0) is 13.3 Å². The molecule has 0 bridgehead atoms. The van der Waals surface area contributed by atoms with Gasteiger partial charge in [0.15, 0.2) is 6.10 Å². The first-order valence-corrected chi connectivity index (χ1v) is 4.08.